The molecule has 3 aromatic rings. The van der Waals surface area contributed by atoms with Crippen LogP contribution in [0.15, 0.2) is 42.7 Å². The van der Waals surface area contributed by atoms with Crippen molar-refractivity contribution in [1.82, 2.24) is 30.2 Å². The van der Waals surface area contributed by atoms with Crippen molar-refractivity contribution in [3.63, 3.8) is 0 Å². The quantitative estimate of drug-likeness (QED) is 0.380. The standard InChI is InChI=1S/C27H30N8O5/c1-34-10-8-19(14-34)39-25-13-29-12-21(31-25)20-4-2-3-17(30-20)11-28-9-7-18-15-35(27(37)40-18)23-6-5-22-26(32-23)33-24(36)16-38-22/h2-6,12-13,18-19,28H,7-11,14-16H2,1H3,(H,32,33,36). The van der Waals surface area contributed by atoms with Crippen LogP contribution in [-0.2, 0) is 16.1 Å². The summed E-state index contributed by atoms with van der Waals surface area (Å²) in [4.78, 5) is 45.8. The second kappa shape index (κ2) is 11.4. The minimum atomic E-state index is -0.470. The predicted molar refractivity (Wildman–Crippen MR) is 144 cm³/mol. The number of fused-ring (bicyclic) bond motifs is 1. The highest BCUT2D eigenvalue weighted by Gasteiger charge is 2.33. The van der Waals surface area contributed by atoms with Crippen molar-refractivity contribution >= 4 is 23.6 Å². The van der Waals surface area contributed by atoms with Crippen molar-refractivity contribution in [1.29, 1.82) is 0 Å². The SMILES string of the molecule is CN1CCC(Oc2cncc(-c3cccc(CNCCC4CN(c5ccc6c(n5)NC(=O)CO6)C(=O)O4)n3)n2)C1. The number of aromatic nitrogens is 4. The van der Waals surface area contributed by atoms with Crippen LogP contribution in [0.25, 0.3) is 11.4 Å². The number of hydrogen-bond acceptors (Lipinski definition) is 11. The Labute approximate surface area is 230 Å². The van der Waals surface area contributed by atoms with Crippen LogP contribution in [0.1, 0.15) is 18.5 Å². The lowest BCUT2D eigenvalue weighted by molar-refractivity contribution is -0.118. The number of nitrogens with zero attached hydrogens (tertiary/aromatic N) is 6. The first-order chi connectivity index (χ1) is 19.5. The molecule has 6 heterocycles. The lowest BCUT2D eigenvalue weighted by atomic mass is 10.2. The number of rotatable bonds is 9. The first-order valence-electron chi connectivity index (χ1n) is 13.3. The zero-order valence-corrected chi connectivity index (χ0v) is 22.1. The van der Waals surface area contributed by atoms with Crippen LogP contribution in [-0.4, -0.2) is 88.9 Å². The lowest BCUT2D eigenvalue weighted by Gasteiger charge is -2.19. The Morgan fingerprint density at radius 2 is 2.02 bits per heavy atom. The van der Waals surface area contributed by atoms with Crippen molar-refractivity contribution in [2.45, 2.75) is 31.6 Å². The molecule has 3 aromatic heterocycles. The topological polar surface area (TPSA) is 144 Å². The van der Waals surface area contributed by atoms with E-state index in [0.717, 1.165) is 30.9 Å². The predicted octanol–water partition coefficient (Wildman–Crippen LogP) is 1.85. The molecule has 0 spiro atoms. The first kappa shape index (κ1) is 25.9. The van der Waals surface area contributed by atoms with Gasteiger partial charge in [-0.15, -0.1) is 0 Å². The number of ether oxygens (including phenoxy) is 3. The molecule has 3 aliphatic heterocycles. The monoisotopic (exact) mass is 546 g/mol. The summed E-state index contributed by atoms with van der Waals surface area (Å²) in [6, 6.07) is 9.15. The maximum absolute atomic E-state index is 12.5. The van der Waals surface area contributed by atoms with E-state index in [-0.39, 0.29) is 24.7 Å². The van der Waals surface area contributed by atoms with E-state index < -0.39 is 6.09 Å². The average molecular weight is 547 g/mol. The number of hydrogen-bond donors (Lipinski definition) is 2. The Kier molecular flexibility index (Phi) is 7.38. The van der Waals surface area contributed by atoms with Gasteiger partial charge in [-0.3, -0.25) is 14.7 Å². The zero-order chi connectivity index (χ0) is 27.5. The second-order valence-electron chi connectivity index (χ2n) is 9.98. The Bertz CT molecular complexity index is 1400. The Hall–Kier alpha value is -4.36. The van der Waals surface area contributed by atoms with Gasteiger partial charge in [0.25, 0.3) is 5.91 Å². The molecule has 13 heteroatoms. The first-order valence-corrected chi connectivity index (χ1v) is 13.3. The molecule has 2 fully saturated rings. The van der Waals surface area contributed by atoms with Crippen LogP contribution in [0, 0.1) is 0 Å². The number of likely N-dealkylation sites (N-methyl/N-ethyl adjacent to an activating group) is 1. The van der Waals surface area contributed by atoms with Crippen molar-refractivity contribution in [3.8, 4) is 23.0 Å². The van der Waals surface area contributed by atoms with E-state index >= 15 is 0 Å². The molecule has 208 valence electrons. The van der Waals surface area contributed by atoms with E-state index in [1.807, 2.05) is 18.2 Å². The second-order valence-corrected chi connectivity index (χ2v) is 9.98. The van der Waals surface area contributed by atoms with E-state index in [9.17, 15) is 9.59 Å². The highest BCUT2D eigenvalue weighted by atomic mass is 16.6. The Balaban J connectivity index is 0.997. The molecular formula is C27H30N8O5. The van der Waals surface area contributed by atoms with Crippen LogP contribution in [0.2, 0.25) is 0 Å². The number of likely N-dealkylation sites (tertiary alicyclic amines) is 1. The van der Waals surface area contributed by atoms with Crippen LogP contribution in [0.4, 0.5) is 16.4 Å². The van der Waals surface area contributed by atoms with Gasteiger partial charge in [0.05, 0.1) is 30.3 Å². The van der Waals surface area contributed by atoms with Gasteiger partial charge in [-0.25, -0.2) is 19.7 Å². The number of anilines is 2. The van der Waals surface area contributed by atoms with E-state index in [1.54, 1.807) is 24.5 Å². The van der Waals surface area contributed by atoms with Gasteiger partial charge >= 0.3 is 6.09 Å². The third-order valence-corrected chi connectivity index (χ3v) is 6.88. The van der Waals surface area contributed by atoms with Crippen LogP contribution < -0.4 is 25.0 Å². The van der Waals surface area contributed by atoms with Gasteiger partial charge in [0, 0.05) is 19.6 Å². The van der Waals surface area contributed by atoms with Crippen molar-refractivity contribution in [3.05, 3.63) is 48.4 Å². The number of carbonyl (C=O) groups is 2. The van der Waals surface area contributed by atoms with E-state index in [1.165, 1.54) is 4.90 Å². The molecule has 2 atom stereocenters. The molecule has 13 nitrogen and oxygen atoms in total. The molecule has 6 rings (SSSR count). The maximum atomic E-state index is 12.5. The molecule has 3 aliphatic rings. The highest BCUT2D eigenvalue weighted by Crippen LogP contribution is 2.30. The molecule has 0 saturated carbocycles. The molecule has 0 aromatic carbocycles. The summed E-state index contributed by atoms with van der Waals surface area (Å²) in [5, 5.41) is 6.02. The molecule has 2 N–H and O–H groups in total. The molecule has 0 aliphatic carbocycles. The normalized spacial score (nSPS) is 20.6. The van der Waals surface area contributed by atoms with Crippen LogP contribution in [0.5, 0.6) is 11.6 Å². The number of amides is 2. The van der Waals surface area contributed by atoms with E-state index in [2.05, 4.69) is 37.5 Å². The van der Waals surface area contributed by atoms with E-state index in [0.29, 0.717) is 55.0 Å². The molecular weight excluding hydrogens is 516 g/mol. The molecule has 2 unspecified atom stereocenters. The fourth-order valence-electron chi connectivity index (χ4n) is 4.85. The third-order valence-electron chi connectivity index (χ3n) is 6.88. The van der Waals surface area contributed by atoms with Gasteiger partial charge in [-0.1, -0.05) is 6.07 Å². The Morgan fingerprint density at radius 1 is 1.10 bits per heavy atom. The number of cyclic esters (lactones) is 1. The lowest BCUT2D eigenvalue weighted by Crippen LogP contribution is -2.29. The van der Waals surface area contributed by atoms with Gasteiger partial charge < -0.3 is 29.7 Å². The number of nitrogens with one attached hydrogen (secondary N) is 2. The van der Waals surface area contributed by atoms with Crippen LogP contribution >= 0.6 is 0 Å². The summed E-state index contributed by atoms with van der Waals surface area (Å²) < 4.78 is 16.9. The van der Waals surface area contributed by atoms with Crippen LogP contribution in [0.3, 0.4) is 0 Å². The smallest absolute Gasteiger partial charge is 0.415 e. The third kappa shape index (κ3) is 5.95. The van der Waals surface area contributed by atoms with Gasteiger partial charge in [-0.05, 0) is 50.7 Å². The highest BCUT2D eigenvalue weighted by molar-refractivity contribution is 5.95. The minimum Gasteiger partial charge on any atom is -0.480 e. The summed E-state index contributed by atoms with van der Waals surface area (Å²) in [6.07, 6.45) is 4.27. The van der Waals surface area contributed by atoms with Crippen molar-refractivity contribution < 1.29 is 23.8 Å². The van der Waals surface area contributed by atoms with Gasteiger partial charge in [0.15, 0.2) is 18.2 Å². The van der Waals surface area contributed by atoms with E-state index in [4.69, 9.17) is 19.2 Å². The van der Waals surface area contributed by atoms with Gasteiger partial charge in [-0.2, -0.15) is 0 Å². The zero-order valence-electron chi connectivity index (χ0n) is 22.1. The summed E-state index contributed by atoms with van der Waals surface area (Å²) in [6.45, 7) is 3.37. The largest absolute Gasteiger partial charge is 0.480 e. The van der Waals surface area contributed by atoms with Crippen molar-refractivity contribution in [2.75, 3.05) is 50.1 Å². The molecule has 40 heavy (non-hydrogen) atoms. The Morgan fingerprint density at radius 3 is 2.90 bits per heavy atom. The molecule has 0 bridgehead atoms. The van der Waals surface area contributed by atoms with Crippen molar-refractivity contribution in [2.24, 2.45) is 0 Å². The number of carbonyl (C=O) groups excluding carboxylic acids is 2. The molecule has 2 saturated heterocycles. The number of pyridine rings is 2. The fourth-order valence-corrected chi connectivity index (χ4v) is 4.85. The average Bonchev–Trinajstić information content (AvgIpc) is 3.55. The molecule has 0 radical (unpaired) electrons. The van der Waals surface area contributed by atoms with Gasteiger partial charge in [0.2, 0.25) is 5.88 Å². The summed E-state index contributed by atoms with van der Waals surface area (Å²) in [7, 11) is 2.08. The summed E-state index contributed by atoms with van der Waals surface area (Å²) in [5.74, 6) is 1.40. The van der Waals surface area contributed by atoms with Gasteiger partial charge in [0.1, 0.15) is 23.7 Å². The molecule has 2 amide bonds. The summed E-state index contributed by atoms with van der Waals surface area (Å²) >= 11 is 0. The summed E-state index contributed by atoms with van der Waals surface area (Å²) in [5.41, 5.74) is 2.24. The minimum absolute atomic E-state index is 0.0521. The maximum Gasteiger partial charge on any atom is 0.415 e. The fraction of sp³-hybridized carbons (Fsp3) is 0.407.